The molecule has 0 N–H and O–H groups in total. The monoisotopic (exact) mass is 289 g/mol. The second kappa shape index (κ2) is 7.19. The fourth-order valence-electron chi connectivity index (χ4n) is 2.91. The van der Waals surface area contributed by atoms with E-state index in [2.05, 4.69) is 11.8 Å². The van der Waals surface area contributed by atoms with Crippen molar-refractivity contribution < 1.29 is 9.53 Å². The van der Waals surface area contributed by atoms with Gasteiger partial charge in [-0.25, -0.2) is 0 Å². The standard InChI is InChI=1S/C18H27NO2/c1-13-5-7-17(8-6-13)18(20)15(3)19(11-12-21-4)14(2)16-9-10-16/h5-8,14-16H,9-12H2,1-4H3. The van der Waals surface area contributed by atoms with Crippen LogP contribution >= 0.6 is 0 Å². The summed E-state index contributed by atoms with van der Waals surface area (Å²) in [6.45, 7) is 7.79. The molecule has 0 aromatic heterocycles. The van der Waals surface area contributed by atoms with E-state index in [1.807, 2.05) is 38.1 Å². The summed E-state index contributed by atoms with van der Waals surface area (Å²) < 4.78 is 5.22. The minimum Gasteiger partial charge on any atom is -0.383 e. The number of nitrogens with zero attached hydrogens (tertiary/aromatic N) is 1. The summed E-state index contributed by atoms with van der Waals surface area (Å²) in [6, 6.07) is 8.23. The molecule has 21 heavy (non-hydrogen) atoms. The molecule has 116 valence electrons. The lowest BCUT2D eigenvalue weighted by Gasteiger charge is -2.33. The smallest absolute Gasteiger partial charge is 0.179 e. The number of ether oxygens (including phenoxy) is 1. The number of hydrogen-bond acceptors (Lipinski definition) is 3. The number of carbonyl (C=O) groups is 1. The first-order valence-corrected chi connectivity index (χ1v) is 7.90. The van der Waals surface area contributed by atoms with Crippen molar-refractivity contribution in [1.82, 2.24) is 4.90 Å². The molecular formula is C18H27NO2. The molecule has 1 saturated carbocycles. The van der Waals surface area contributed by atoms with Crippen LogP contribution in [-0.4, -0.2) is 43.0 Å². The van der Waals surface area contributed by atoms with E-state index in [4.69, 9.17) is 4.74 Å². The zero-order valence-electron chi connectivity index (χ0n) is 13.6. The van der Waals surface area contributed by atoms with Gasteiger partial charge >= 0.3 is 0 Å². The number of benzene rings is 1. The molecule has 1 aliphatic rings. The fraction of sp³-hybridized carbons (Fsp3) is 0.611. The first-order valence-electron chi connectivity index (χ1n) is 7.90. The molecule has 1 aliphatic carbocycles. The van der Waals surface area contributed by atoms with E-state index in [-0.39, 0.29) is 11.8 Å². The number of hydrogen-bond donors (Lipinski definition) is 0. The van der Waals surface area contributed by atoms with Crippen LogP contribution in [0.3, 0.4) is 0 Å². The van der Waals surface area contributed by atoms with E-state index < -0.39 is 0 Å². The first kappa shape index (κ1) is 16.2. The molecule has 1 aromatic carbocycles. The van der Waals surface area contributed by atoms with Gasteiger partial charge in [0.2, 0.25) is 0 Å². The molecule has 0 heterocycles. The van der Waals surface area contributed by atoms with Gasteiger partial charge in [0.05, 0.1) is 12.6 Å². The predicted molar refractivity (Wildman–Crippen MR) is 85.7 cm³/mol. The van der Waals surface area contributed by atoms with Crippen molar-refractivity contribution in [2.45, 2.75) is 45.7 Å². The molecule has 2 atom stereocenters. The van der Waals surface area contributed by atoms with Crippen molar-refractivity contribution in [3.05, 3.63) is 35.4 Å². The van der Waals surface area contributed by atoms with Crippen LogP contribution in [0, 0.1) is 12.8 Å². The molecule has 0 radical (unpaired) electrons. The number of ketones is 1. The van der Waals surface area contributed by atoms with Gasteiger partial charge in [0.15, 0.2) is 5.78 Å². The number of carbonyl (C=O) groups excluding carboxylic acids is 1. The summed E-state index contributed by atoms with van der Waals surface area (Å²) in [6.07, 6.45) is 2.58. The molecule has 0 saturated heterocycles. The van der Waals surface area contributed by atoms with Gasteiger partial charge in [-0.2, -0.15) is 0 Å². The molecule has 0 spiro atoms. The van der Waals surface area contributed by atoms with E-state index in [1.165, 1.54) is 18.4 Å². The molecule has 0 aliphatic heterocycles. The van der Waals surface area contributed by atoms with E-state index in [9.17, 15) is 4.79 Å². The topological polar surface area (TPSA) is 29.5 Å². The van der Waals surface area contributed by atoms with Crippen LogP contribution < -0.4 is 0 Å². The Bertz CT molecular complexity index is 465. The Labute approximate surface area is 128 Å². The molecule has 0 amide bonds. The number of Topliss-reactive ketones (excluding diaryl/α,β-unsaturated/α-hetero) is 1. The third-order valence-corrected chi connectivity index (χ3v) is 4.59. The van der Waals surface area contributed by atoms with Crippen LogP contribution in [0.5, 0.6) is 0 Å². The lowest BCUT2D eigenvalue weighted by atomic mass is 10.0. The van der Waals surface area contributed by atoms with Crippen molar-refractivity contribution in [3.63, 3.8) is 0 Å². The highest BCUT2D eigenvalue weighted by atomic mass is 16.5. The van der Waals surface area contributed by atoms with Crippen molar-refractivity contribution in [2.75, 3.05) is 20.3 Å². The maximum atomic E-state index is 12.7. The van der Waals surface area contributed by atoms with Gasteiger partial charge in [-0.15, -0.1) is 0 Å². The summed E-state index contributed by atoms with van der Waals surface area (Å²) in [7, 11) is 1.71. The maximum Gasteiger partial charge on any atom is 0.179 e. The Morgan fingerprint density at radius 1 is 1.29 bits per heavy atom. The lowest BCUT2D eigenvalue weighted by Crippen LogP contribution is -2.47. The number of aryl methyl sites for hydroxylation is 1. The van der Waals surface area contributed by atoms with Gasteiger partial charge in [-0.05, 0) is 39.5 Å². The molecule has 3 heteroatoms. The Morgan fingerprint density at radius 3 is 2.43 bits per heavy atom. The van der Waals surface area contributed by atoms with Crippen molar-refractivity contribution >= 4 is 5.78 Å². The largest absolute Gasteiger partial charge is 0.383 e. The summed E-state index contributed by atoms with van der Waals surface area (Å²) in [5, 5.41) is 0. The number of rotatable bonds is 8. The fourth-order valence-corrected chi connectivity index (χ4v) is 2.91. The summed E-state index contributed by atoms with van der Waals surface area (Å²) in [5.41, 5.74) is 1.99. The Balaban J connectivity index is 2.09. The third-order valence-electron chi connectivity index (χ3n) is 4.59. The minimum atomic E-state index is -0.0987. The minimum absolute atomic E-state index is 0.0987. The highest BCUT2D eigenvalue weighted by Crippen LogP contribution is 2.36. The molecule has 2 unspecified atom stereocenters. The molecule has 2 rings (SSSR count). The van der Waals surface area contributed by atoms with Gasteiger partial charge < -0.3 is 4.74 Å². The first-order chi connectivity index (χ1) is 10.0. The zero-order chi connectivity index (χ0) is 15.4. The van der Waals surface area contributed by atoms with Gasteiger partial charge in [0.25, 0.3) is 0 Å². The van der Waals surface area contributed by atoms with E-state index in [0.29, 0.717) is 12.6 Å². The predicted octanol–water partition coefficient (Wildman–Crippen LogP) is 3.31. The lowest BCUT2D eigenvalue weighted by molar-refractivity contribution is 0.0640. The van der Waals surface area contributed by atoms with Crippen LogP contribution in [-0.2, 0) is 4.74 Å². The van der Waals surface area contributed by atoms with Crippen LogP contribution in [0.1, 0.15) is 42.6 Å². The van der Waals surface area contributed by atoms with Gasteiger partial charge in [0.1, 0.15) is 0 Å². The SMILES string of the molecule is COCCN(C(C)C(=O)c1ccc(C)cc1)C(C)C1CC1. The molecule has 3 nitrogen and oxygen atoms in total. The molecule has 1 fully saturated rings. The van der Waals surface area contributed by atoms with Gasteiger partial charge in [-0.1, -0.05) is 29.8 Å². The quantitative estimate of drug-likeness (QED) is 0.688. The molecule has 0 bridgehead atoms. The highest BCUT2D eigenvalue weighted by molar-refractivity contribution is 5.99. The normalized spacial score (nSPS) is 17.8. The van der Waals surface area contributed by atoms with Crippen molar-refractivity contribution in [3.8, 4) is 0 Å². The molecule has 1 aromatic rings. The van der Waals surface area contributed by atoms with E-state index >= 15 is 0 Å². The van der Waals surface area contributed by atoms with Crippen LogP contribution in [0.2, 0.25) is 0 Å². The van der Waals surface area contributed by atoms with Crippen LogP contribution in [0.4, 0.5) is 0 Å². The zero-order valence-corrected chi connectivity index (χ0v) is 13.6. The average molecular weight is 289 g/mol. The molecular weight excluding hydrogens is 262 g/mol. The summed E-state index contributed by atoms with van der Waals surface area (Å²) in [4.78, 5) is 15.0. The maximum absolute atomic E-state index is 12.7. The second-order valence-electron chi connectivity index (χ2n) is 6.21. The van der Waals surface area contributed by atoms with Crippen molar-refractivity contribution in [2.24, 2.45) is 5.92 Å². The van der Waals surface area contributed by atoms with Crippen LogP contribution in [0.25, 0.3) is 0 Å². The third kappa shape index (κ3) is 4.14. The Hall–Kier alpha value is -1.19. The Morgan fingerprint density at radius 2 is 1.90 bits per heavy atom. The van der Waals surface area contributed by atoms with Crippen molar-refractivity contribution in [1.29, 1.82) is 0 Å². The van der Waals surface area contributed by atoms with E-state index in [0.717, 1.165) is 18.0 Å². The summed E-state index contributed by atoms with van der Waals surface area (Å²) in [5.74, 6) is 0.953. The van der Waals surface area contributed by atoms with E-state index in [1.54, 1.807) is 7.11 Å². The average Bonchev–Trinajstić information content (AvgIpc) is 3.32. The van der Waals surface area contributed by atoms with Crippen LogP contribution in [0.15, 0.2) is 24.3 Å². The summed E-state index contributed by atoms with van der Waals surface area (Å²) >= 11 is 0. The Kier molecular flexibility index (Phi) is 5.54. The number of methoxy groups -OCH3 is 1. The van der Waals surface area contributed by atoms with Gasteiger partial charge in [0, 0.05) is 25.3 Å². The van der Waals surface area contributed by atoms with Gasteiger partial charge in [-0.3, -0.25) is 9.69 Å². The highest BCUT2D eigenvalue weighted by Gasteiger charge is 2.35. The second-order valence-corrected chi connectivity index (χ2v) is 6.21.